The number of benzene rings is 1. The normalized spacial score (nSPS) is 9.90. The predicted octanol–water partition coefficient (Wildman–Crippen LogP) is 0.231. The molecule has 31 heavy (non-hydrogen) atoms. The van der Waals surface area contributed by atoms with Crippen LogP contribution in [0.15, 0.2) is 18.2 Å². The van der Waals surface area contributed by atoms with Gasteiger partial charge in [-0.15, -0.1) is 0 Å². The number of ether oxygens (including phenoxy) is 1. The van der Waals surface area contributed by atoms with Crippen molar-refractivity contribution in [1.29, 1.82) is 0 Å². The summed E-state index contributed by atoms with van der Waals surface area (Å²) < 4.78 is 4.88. The van der Waals surface area contributed by atoms with Gasteiger partial charge in [-0.2, -0.15) is 0 Å². The van der Waals surface area contributed by atoms with Crippen molar-refractivity contribution in [2.75, 3.05) is 17.9 Å². The van der Waals surface area contributed by atoms with Crippen molar-refractivity contribution in [2.24, 2.45) is 0 Å². The first-order valence-corrected chi connectivity index (χ1v) is 9.18. The lowest BCUT2D eigenvalue weighted by Crippen LogP contribution is -2.46. The minimum Gasteiger partial charge on any atom is -0.496 e. The van der Waals surface area contributed by atoms with Gasteiger partial charge in [0.05, 0.1) is 23.8 Å². The van der Waals surface area contributed by atoms with Crippen molar-refractivity contribution in [1.82, 2.24) is 21.3 Å². The number of hydrogen-bond acceptors (Lipinski definition) is 10. The SMILES string of the molecule is COc1ccc(NC(=O)C(=O)NNC(=O)c2sc(NNC(C)=O)nc2C)c([N+](=O)[O-])c1. The van der Waals surface area contributed by atoms with Gasteiger partial charge in [-0.05, 0) is 19.1 Å². The molecule has 164 valence electrons. The molecule has 2 aromatic rings. The van der Waals surface area contributed by atoms with Gasteiger partial charge < -0.3 is 10.1 Å². The minimum absolute atomic E-state index is 0.111. The largest absolute Gasteiger partial charge is 0.496 e. The number of anilines is 2. The van der Waals surface area contributed by atoms with Crippen molar-refractivity contribution in [3.63, 3.8) is 0 Å². The standard InChI is InChI=1S/C16H17N7O7S/c1-7-12(31-16(17-7)22-19-8(2)24)13(25)20-21-15(27)14(26)18-10-5-4-9(30-3)6-11(10)23(28)29/h4-6H,1-3H3,(H,17,22)(H,18,26)(H,19,24)(H,20,25)(H,21,27). The van der Waals surface area contributed by atoms with Gasteiger partial charge in [0.25, 0.3) is 11.6 Å². The molecule has 0 aliphatic carbocycles. The summed E-state index contributed by atoms with van der Waals surface area (Å²) in [5, 5.41) is 13.5. The second kappa shape index (κ2) is 9.97. The van der Waals surface area contributed by atoms with Gasteiger partial charge in [-0.3, -0.25) is 51.0 Å². The molecule has 4 amide bonds. The summed E-state index contributed by atoms with van der Waals surface area (Å²) in [4.78, 5) is 61.6. The zero-order valence-corrected chi connectivity index (χ0v) is 17.2. The number of hydrazine groups is 2. The Morgan fingerprint density at radius 2 is 1.84 bits per heavy atom. The monoisotopic (exact) mass is 451 g/mol. The molecule has 1 heterocycles. The zero-order chi connectivity index (χ0) is 23.1. The summed E-state index contributed by atoms with van der Waals surface area (Å²) in [6.07, 6.45) is 0. The molecule has 0 aliphatic rings. The lowest BCUT2D eigenvalue weighted by atomic mass is 10.2. The number of nitrogens with one attached hydrogen (secondary N) is 5. The van der Waals surface area contributed by atoms with Crippen molar-refractivity contribution in [3.05, 3.63) is 38.9 Å². The third-order valence-electron chi connectivity index (χ3n) is 3.49. The summed E-state index contributed by atoms with van der Waals surface area (Å²) in [7, 11) is 1.32. The first kappa shape index (κ1) is 23.0. The molecule has 0 radical (unpaired) electrons. The summed E-state index contributed by atoms with van der Waals surface area (Å²) >= 11 is 0.893. The second-order valence-corrected chi connectivity index (χ2v) is 6.74. The maximum Gasteiger partial charge on any atom is 0.328 e. The first-order valence-electron chi connectivity index (χ1n) is 8.36. The lowest BCUT2D eigenvalue weighted by molar-refractivity contribution is -0.384. The van der Waals surface area contributed by atoms with Gasteiger partial charge in [0.1, 0.15) is 16.3 Å². The highest BCUT2D eigenvalue weighted by Gasteiger charge is 2.22. The van der Waals surface area contributed by atoms with E-state index in [1.807, 2.05) is 10.9 Å². The maximum atomic E-state index is 12.2. The van der Waals surface area contributed by atoms with Crippen LogP contribution in [0.25, 0.3) is 0 Å². The van der Waals surface area contributed by atoms with E-state index in [1.165, 1.54) is 33.1 Å². The smallest absolute Gasteiger partial charge is 0.328 e. The second-order valence-electron chi connectivity index (χ2n) is 5.74. The molecule has 0 bridgehead atoms. The van der Waals surface area contributed by atoms with Crippen molar-refractivity contribution >= 4 is 51.5 Å². The average molecular weight is 451 g/mol. The van der Waals surface area contributed by atoms with Crippen molar-refractivity contribution < 1.29 is 28.8 Å². The molecule has 5 N–H and O–H groups in total. The highest BCUT2D eigenvalue weighted by molar-refractivity contribution is 7.17. The van der Waals surface area contributed by atoms with Crippen molar-refractivity contribution in [2.45, 2.75) is 13.8 Å². The van der Waals surface area contributed by atoms with Crippen LogP contribution >= 0.6 is 11.3 Å². The number of nitro groups is 1. The van der Waals surface area contributed by atoms with Crippen molar-refractivity contribution in [3.8, 4) is 5.75 Å². The molecule has 0 spiro atoms. The number of methoxy groups -OCH3 is 1. The van der Waals surface area contributed by atoms with E-state index < -0.39 is 28.3 Å². The van der Waals surface area contributed by atoms with Gasteiger partial charge in [-0.25, -0.2) is 4.98 Å². The fraction of sp³-hybridized carbons (Fsp3) is 0.188. The molecular weight excluding hydrogens is 434 g/mol. The van der Waals surface area contributed by atoms with Crippen LogP contribution in [0.3, 0.4) is 0 Å². The third-order valence-corrected chi connectivity index (χ3v) is 4.57. The zero-order valence-electron chi connectivity index (χ0n) is 16.4. The van der Waals surface area contributed by atoms with Crippen LogP contribution in [0.4, 0.5) is 16.5 Å². The molecular formula is C16H17N7O7S. The Kier molecular flexibility index (Phi) is 7.40. The highest BCUT2D eigenvalue weighted by Crippen LogP contribution is 2.28. The number of nitro benzene ring substituents is 1. The number of amides is 4. The summed E-state index contributed by atoms with van der Waals surface area (Å²) in [6.45, 7) is 2.81. The van der Waals surface area contributed by atoms with E-state index in [2.05, 4.69) is 21.2 Å². The molecule has 1 aromatic heterocycles. The molecule has 14 nitrogen and oxygen atoms in total. The van der Waals surface area contributed by atoms with E-state index in [0.29, 0.717) is 5.69 Å². The number of nitrogens with zero attached hydrogens (tertiary/aromatic N) is 2. The number of carbonyl (C=O) groups excluding carboxylic acids is 4. The number of aromatic nitrogens is 1. The molecule has 0 saturated carbocycles. The average Bonchev–Trinajstić information content (AvgIpc) is 3.10. The Balaban J connectivity index is 1.98. The maximum absolute atomic E-state index is 12.2. The number of rotatable bonds is 6. The molecule has 0 unspecified atom stereocenters. The molecule has 0 fully saturated rings. The highest BCUT2D eigenvalue weighted by atomic mass is 32.1. The Bertz CT molecular complexity index is 1050. The summed E-state index contributed by atoms with van der Waals surface area (Å²) in [6, 6.07) is 3.64. The van der Waals surface area contributed by atoms with Crippen LogP contribution in [0.1, 0.15) is 22.3 Å². The van der Waals surface area contributed by atoms with Crippen LogP contribution in [0.5, 0.6) is 5.75 Å². The quantitative estimate of drug-likeness (QED) is 0.232. The first-order chi connectivity index (χ1) is 14.6. The molecule has 15 heteroatoms. The van der Waals surface area contributed by atoms with Crippen LogP contribution in [-0.2, 0) is 14.4 Å². The van der Waals surface area contributed by atoms with E-state index >= 15 is 0 Å². The topological polar surface area (TPSA) is 194 Å². The number of hydrogen-bond donors (Lipinski definition) is 5. The number of thiazole rings is 1. The Morgan fingerprint density at radius 3 is 2.45 bits per heavy atom. The minimum atomic E-state index is -1.27. The Hall–Kier alpha value is -4.27. The lowest BCUT2D eigenvalue weighted by Gasteiger charge is -2.08. The Labute approximate surface area is 178 Å². The fourth-order valence-electron chi connectivity index (χ4n) is 2.10. The third kappa shape index (κ3) is 6.10. The fourth-order valence-corrected chi connectivity index (χ4v) is 2.92. The van der Waals surface area contributed by atoms with E-state index in [-0.39, 0.29) is 27.4 Å². The van der Waals surface area contributed by atoms with Gasteiger partial charge in [0.15, 0.2) is 0 Å². The van der Waals surface area contributed by atoms with Crippen LogP contribution in [0.2, 0.25) is 0 Å². The molecule has 0 atom stereocenters. The Morgan fingerprint density at radius 1 is 1.13 bits per heavy atom. The van der Waals surface area contributed by atoms with Gasteiger partial charge >= 0.3 is 11.8 Å². The van der Waals surface area contributed by atoms with Gasteiger partial charge in [0, 0.05) is 6.92 Å². The number of carbonyl (C=O) groups is 4. The van der Waals surface area contributed by atoms with Crippen LogP contribution < -0.4 is 31.8 Å². The number of aryl methyl sites for hydroxylation is 1. The van der Waals surface area contributed by atoms with Gasteiger partial charge in [0.2, 0.25) is 11.0 Å². The molecule has 2 rings (SSSR count). The van der Waals surface area contributed by atoms with E-state index in [9.17, 15) is 29.3 Å². The van der Waals surface area contributed by atoms with Crippen LogP contribution in [-0.4, -0.2) is 40.6 Å². The van der Waals surface area contributed by atoms with Crippen LogP contribution in [0, 0.1) is 17.0 Å². The van der Waals surface area contributed by atoms with E-state index in [4.69, 9.17) is 4.74 Å². The van der Waals surface area contributed by atoms with E-state index in [1.54, 1.807) is 0 Å². The predicted molar refractivity (Wildman–Crippen MR) is 108 cm³/mol. The summed E-state index contributed by atoms with van der Waals surface area (Å²) in [5.41, 5.74) is 8.34. The molecule has 0 saturated heterocycles. The van der Waals surface area contributed by atoms with Gasteiger partial charge in [-0.1, -0.05) is 11.3 Å². The summed E-state index contributed by atoms with van der Waals surface area (Å²) in [5.74, 6) is -3.45. The molecule has 1 aromatic carbocycles. The van der Waals surface area contributed by atoms with E-state index in [0.717, 1.165) is 17.4 Å². The molecule has 0 aliphatic heterocycles.